The van der Waals surface area contributed by atoms with Crippen molar-refractivity contribution in [3.05, 3.63) is 71.9 Å². The van der Waals surface area contributed by atoms with Crippen LogP contribution in [0.4, 0.5) is 4.39 Å². The van der Waals surface area contributed by atoms with Gasteiger partial charge in [-0.1, -0.05) is 24.3 Å². The lowest BCUT2D eigenvalue weighted by Gasteiger charge is -2.23. The molecule has 0 aliphatic heterocycles. The van der Waals surface area contributed by atoms with Gasteiger partial charge in [0.25, 0.3) is 0 Å². The Morgan fingerprint density at radius 2 is 2.00 bits per heavy atom. The number of carbonyl (C=O) groups excluding carboxylic acids is 1. The van der Waals surface area contributed by atoms with Gasteiger partial charge in [-0.15, -0.1) is 0 Å². The lowest BCUT2D eigenvalue weighted by molar-refractivity contribution is -0.117. The standard InChI is InChI=1S/C19H17FN2O3/c1-19(24,13-6-8-14(20)9-7-13)12-21-17(23)10-11-18-22-15-4-2-3-5-16(15)25-18/h2-11,24H,12H2,1H3,(H,21,23)/b11-10+. The molecule has 0 saturated carbocycles. The van der Waals surface area contributed by atoms with Gasteiger partial charge < -0.3 is 14.8 Å². The van der Waals surface area contributed by atoms with Gasteiger partial charge in [0, 0.05) is 12.2 Å². The third kappa shape index (κ3) is 4.10. The largest absolute Gasteiger partial charge is 0.437 e. The van der Waals surface area contributed by atoms with E-state index >= 15 is 0 Å². The fourth-order valence-corrected chi connectivity index (χ4v) is 2.34. The number of aliphatic hydroxyl groups is 1. The van der Waals surface area contributed by atoms with Crippen LogP contribution in [-0.2, 0) is 10.4 Å². The number of fused-ring (bicyclic) bond motifs is 1. The number of halogens is 1. The van der Waals surface area contributed by atoms with Crippen LogP contribution < -0.4 is 5.32 Å². The number of benzene rings is 2. The molecule has 0 aliphatic carbocycles. The van der Waals surface area contributed by atoms with Crippen LogP contribution in [0.2, 0.25) is 0 Å². The number of nitrogens with one attached hydrogen (secondary N) is 1. The van der Waals surface area contributed by atoms with E-state index in [1.54, 1.807) is 13.0 Å². The number of nitrogens with zero attached hydrogens (tertiary/aromatic N) is 1. The van der Waals surface area contributed by atoms with Crippen molar-refractivity contribution >= 4 is 23.1 Å². The molecule has 1 aromatic heterocycles. The summed E-state index contributed by atoms with van der Waals surface area (Å²) in [5, 5.41) is 13.0. The molecule has 0 radical (unpaired) electrons. The minimum absolute atomic E-state index is 0.0185. The Kier molecular flexibility index (Phi) is 4.63. The van der Waals surface area contributed by atoms with Crippen molar-refractivity contribution in [1.29, 1.82) is 0 Å². The van der Waals surface area contributed by atoms with Gasteiger partial charge in [0.05, 0.1) is 6.54 Å². The van der Waals surface area contributed by atoms with Gasteiger partial charge in [-0.2, -0.15) is 0 Å². The number of aromatic nitrogens is 1. The zero-order chi connectivity index (χ0) is 17.9. The lowest BCUT2D eigenvalue weighted by Crippen LogP contribution is -2.37. The Labute approximate surface area is 143 Å². The fraction of sp³-hybridized carbons (Fsp3) is 0.158. The number of rotatable bonds is 5. The third-order valence-corrected chi connectivity index (χ3v) is 3.76. The maximum Gasteiger partial charge on any atom is 0.244 e. The summed E-state index contributed by atoms with van der Waals surface area (Å²) < 4.78 is 18.4. The molecule has 0 spiro atoms. The Bertz CT molecular complexity index is 881. The molecule has 0 aliphatic rings. The van der Waals surface area contributed by atoms with Crippen LogP contribution in [0.3, 0.4) is 0 Å². The molecule has 1 unspecified atom stereocenters. The average Bonchev–Trinajstić information content (AvgIpc) is 3.01. The Balaban J connectivity index is 1.61. The molecule has 1 heterocycles. The Morgan fingerprint density at radius 1 is 1.28 bits per heavy atom. The molecule has 0 saturated heterocycles. The van der Waals surface area contributed by atoms with Crippen molar-refractivity contribution in [1.82, 2.24) is 10.3 Å². The van der Waals surface area contributed by atoms with Gasteiger partial charge in [-0.25, -0.2) is 9.37 Å². The highest BCUT2D eigenvalue weighted by Crippen LogP contribution is 2.20. The molecule has 3 rings (SSSR count). The van der Waals surface area contributed by atoms with Crippen molar-refractivity contribution in [2.24, 2.45) is 0 Å². The van der Waals surface area contributed by atoms with Gasteiger partial charge in [-0.05, 0) is 36.8 Å². The van der Waals surface area contributed by atoms with Gasteiger partial charge in [0.2, 0.25) is 11.8 Å². The van der Waals surface area contributed by atoms with E-state index in [1.165, 1.54) is 36.4 Å². The van der Waals surface area contributed by atoms with E-state index in [4.69, 9.17) is 4.42 Å². The van der Waals surface area contributed by atoms with Crippen LogP contribution >= 0.6 is 0 Å². The minimum atomic E-state index is -1.31. The molecule has 2 aromatic carbocycles. The molecule has 6 heteroatoms. The minimum Gasteiger partial charge on any atom is -0.437 e. The number of hydrogen-bond acceptors (Lipinski definition) is 4. The van der Waals surface area contributed by atoms with Gasteiger partial charge in [0.1, 0.15) is 16.9 Å². The molecule has 128 valence electrons. The first-order valence-electron chi connectivity index (χ1n) is 7.74. The maximum atomic E-state index is 13.0. The first-order chi connectivity index (χ1) is 11.9. The molecule has 0 fully saturated rings. The zero-order valence-electron chi connectivity index (χ0n) is 13.6. The third-order valence-electron chi connectivity index (χ3n) is 3.76. The number of para-hydroxylation sites is 2. The quantitative estimate of drug-likeness (QED) is 0.700. The molecule has 5 nitrogen and oxygen atoms in total. The summed E-state index contributed by atoms with van der Waals surface area (Å²) in [5.74, 6) is -0.462. The molecule has 25 heavy (non-hydrogen) atoms. The van der Waals surface area contributed by atoms with Crippen LogP contribution in [0.25, 0.3) is 17.2 Å². The average molecular weight is 340 g/mol. The van der Waals surface area contributed by atoms with Crippen molar-refractivity contribution in [3.63, 3.8) is 0 Å². The lowest BCUT2D eigenvalue weighted by atomic mass is 9.96. The van der Waals surface area contributed by atoms with E-state index < -0.39 is 11.5 Å². The fourth-order valence-electron chi connectivity index (χ4n) is 2.34. The summed E-state index contributed by atoms with van der Waals surface area (Å²) in [6.07, 6.45) is 2.74. The van der Waals surface area contributed by atoms with E-state index in [9.17, 15) is 14.3 Å². The van der Waals surface area contributed by atoms with E-state index in [0.717, 1.165) is 0 Å². The summed E-state index contributed by atoms with van der Waals surface area (Å²) in [7, 11) is 0. The SMILES string of the molecule is CC(O)(CNC(=O)/C=C/c1nc2ccccc2o1)c1ccc(F)cc1. The maximum absolute atomic E-state index is 13.0. The highest BCUT2D eigenvalue weighted by molar-refractivity contribution is 5.91. The second-order valence-corrected chi connectivity index (χ2v) is 5.85. The van der Waals surface area contributed by atoms with Crippen molar-refractivity contribution in [2.45, 2.75) is 12.5 Å². The highest BCUT2D eigenvalue weighted by Gasteiger charge is 2.23. The summed E-state index contributed by atoms with van der Waals surface area (Å²) in [4.78, 5) is 16.2. The van der Waals surface area contributed by atoms with Crippen LogP contribution in [0.5, 0.6) is 0 Å². The smallest absolute Gasteiger partial charge is 0.244 e. The first-order valence-corrected chi connectivity index (χ1v) is 7.74. The summed E-state index contributed by atoms with van der Waals surface area (Å²) in [6.45, 7) is 1.53. The Morgan fingerprint density at radius 3 is 2.72 bits per heavy atom. The van der Waals surface area contributed by atoms with Crippen LogP contribution in [0, 0.1) is 5.82 Å². The summed E-state index contributed by atoms with van der Waals surface area (Å²) in [5.41, 5.74) is 0.551. The topological polar surface area (TPSA) is 75.4 Å². The van der Waals surface area contributed by atoms with Gasteiger partial charge in [0.15, 0.2) is 5.58 Å². The first kappa shape index (κ1) is 16.9. The Hall–Kier alpha value is -2.99. The van der Waals surface area contributed by atoms with Crippen LogP contribution in [0.1, 0.15) is 18.4 Å². The van der Waals surface area contributed by atoms with E-state index in [0.29, 0.717) is 22.6 Å². The summed E-state index contributed by atoms with van der Waals surface area (Å²) in [6, 6.07) is 12.8. The molecule has 1 atom stereocenters. The zero-order valence-corrected chi connectivity index (χ0v) is 13.6. The van der Waals surface area contributed by atoms with E-state index in [-0.39, 0.29) is 12.4 Å². The molecular weight excluding hydrogens is 323 g/mol. The number of amides is 1. The van der Waals surface area contributed by atoms with Crippen molar-refractivity contribution in [2.75, 3.05) is 6.54 Å². The van der Waals surface area contributed by atoms with Crippen LogP contribution in [0.15, 0.2) is 59.0 Å². The normalized spacial score (nSPS) is 13.9. The number of hydrogen-bond donors (Lipinski definition) is 2. The molecular formula is C19H17FN2O3. The van der Waals surface area contributed by atoms with Gasteiger partial charge >= 0.3 is 0 Å². The molecule has 3 aromatic rings. The predicted molar refractivity (Wildman–Crippen MR) is 92.0 cm³/mol. The predicted octanol–water partition coefficient (Wildman–Crippen LogP) is 3.00. The molecule has 0 bridgehead atoms. The monoisotopic (exact) mass is 340 g/mol. The number of carbonyl (C=O) groups is 1. The molecule has 2 N–H and O–H groups in total. The molecule has 1 amide bonds. The second-order valence-electron chi connectivity index (χ2n) is 5.85. The van der Waals surface area contributed by atoms with Crippen molar-refractivity contribution in [3.8, 4) is 0 Å². The second kappa shape index (κ2) is 6.86. The van der Waals surface area contributed by atoms with Crippen LogP contribution in [-0.4, -0.2) is 22.5 Å². The van der Waals surface area contributed by atoms with Gasteiger partial charge in [-0.3, -0.25) is 4.79 Å². The van der Waals surface area contributed by atoms with Crippen molar-refractivity contribution < 1.29 is 18.7 Å². The van der Waals surface area contributed by atoms with E-state index in [1.807, 2.05) is 18.2 Å². The van der Waals surface area contributed by atoms with E-state index in [2.05, 4.69) is 10.3 Å². The summed E-state index contributed by atoms with van der Waals surface area (Å²) >= 11 is 0. The number of oxazole rings is 1. The highest BCUT2D eigenvalue weighted by atomic mass is 19.1.